The molecule has 22 heavy (non-hydrogen) atoms. The molecule has 1 saturated heterocycles. The molecule has 2 atom stereocenters. The van der Waals surface area contributed by atoms with Gasteiger partial charge in [0.05, 0.1) is 29.8 Å². The number of hydrogen-bond acceptors (Lipinski definition) is 4. The van der Waals surface area contributed by atoms with Crippen molar-refractivity contribution in [1.82, 2.24) is 10.3 Å². The van der Waals surface area contributed by atoms with E-state index >= 15 is 0 Å². The number of halogens is 1. The molecule has 0 bridgehead atoms. The summed E-state index contributed by atoms with van der Waals surface area (Å²) in [6, 6.07) is 1.52. The lowest BCUT2D eigenvalue weighted by molar-refractivity contribution is -0.0589. The first-order valence-electron chi connectivity index (χ1n) is 7.31. The summed E-state index contributed by atoms with van der Waals surface area (Å²) in [6.45, 7) is 5.64. The third-order valence-electron chi connectivity index (χ3n) is 3.44. The minimum absolute atomic E-state index is 0.0870. The van der Waals surface area contributed by atoms with Crippen molar-refractivity contribution in [1.29, 1.82) is 0 Å². The van der Waals surface area contributed by atoms with Crippen LogP contribution in [0.4, 0.5) is 0 Å². The molecule has 0 spiro atoms. The number of hydrogen-bond donors (Lipinski definition) is 1. The monoisotopic (exact) mass is 324 g/mol. The Hall–Kier alpha value is -1.43. The van der Waals surface area contributed by atoms with Gasteiger partial charge in [-0.25, -0.2) is 0 Å². The van der Waals surface area contributed by atoms with Gasteiger partial charge in [0.2, 0.25) is 0 Å². The Kier molecular flexibility index (Phi) is 6.36. The molecule has 120 valence electrons. The molecule has 1 N–H and O–H groups in total. The standard InChI is InChI=1S/C16H21ClN2O3/c1-11(2)4-8-22-15-10-21-7-5-14(15)19-16(20)12-3-6-18-9-13(12)17/h3-4,6,9,14-15H,5,7-8,10H2,1-2H3,(H,19,20). The first-order chi connectivity index (χ1) is 10.6. The summed E-state index contributed by atoms with van der Waals surface area (Å²) in [5.41, 5.74) is 1.62. The SMILES string of the molecule is CC(C)=CCOC1COCCC1NC(=O)c1ccncc1Cl. The van der Waals surface area contributed by atoms with Gasteiger partial charge >= 0.3 is 0 Å². The van der Waals surface area contributed by atoms with Crippen LogP contribution in [0.15, 0.2) is 30.1 Å². The Morgan fingerprint density at radius 2 is 2.41 bits per heavy atom. The van der Waals surface area contributed by atoms with E-state index in [2.05, 4.69) is 10.3 Å². The molecule has 5 nitrogen and oxygen atoms in total. The Bertz CT molecular complexity index is 544. The molecule has 2 unspecified atom stereocenters. The van der Waals surface area contributed by atoms with Crippen molar-refractivity contribution < 1.29 is 14.3 Å². The zero-order chi connectivity index (χ0) is 15.9. The predicted octanol–water partition coefficient (Wildman–Crippen LogP) is 2.61. The van der Waals surface area contributed by atoms with E-state index in [-0.39, 0.29) is 18.1 Å². The number of carbonyl (C=O) groups is 1. The fourth-order valence-electron chi connectivity index (χ4n) is 2.19. The highest BCUT2D eigenvalue weighted by molar-refractivity contribution is 6.33. The molecule has 0 saturated carbocycles. The lowest BCUT2D eigenvalue weighted by atomic mass is 10.1. The number of ether oxygens (including phenoxy) is 2. The van der Waals surface area contributed by atoms with Gasteiger partial charge in [-0.3, -0.25) is 9.78 Å². The van der Waals surface area contributed by atoms with Gasteiger partial charge in [0.25, 0.3) is 5.91 Å². The number of aromatic nitrogens is 1. The van der Waals surface area contributed by atoms with E-state index < -0.39 is 0 Å². The van der Waals surface area contributed by atoms with E-state index in [0.29, 0.717) is 36.8 Å². The van der Waals surface area contributed by atoms with Crippen molar-refractivity contribution in [2.45, 2.75) is 32.4 Å². The Morgan fingerprint density at radius 3 is 3.14 bits per heavy atom. The molecular weight excluding hydrogens is 304 g/mol. The van der Waals surface area contributed by atoms with E-state index in [4.69, 9.17) is 21.1 Å². The lowest BCUT2D eigenvalue weighted by Crippen LogP contribution is -2.50. The summed E-state index contributed by atoms with van der Waals surface area (Å²) < 4.78 is 11.3. The minimum Gasteiger partial charge on any atom is -0.379 e. The summed E-state index contributed by atoms with van der Waals surface area (Å²) >= 11 is 6.00. The normalized spacial score (nSPS) is 21.2. The smallest absolute Gasteiger partial charge is 0.253 e. The molecule has 0 aliphatic carbocycles. The van der Waals surface area contributed by atoms with Gasteiger partial charge in [0, 0.05) is 19.0 Å². The summed E-state index contributed by atoms with van der Waals surface area (Å²) in [7, 11) is 0. The van der Waals surface area contributed by atoms with Crippen LogP contribution in [0, 0.1) is 0 Å². The van der Waals surface area contributed by atoms with Crippen LogP contribution < -0.4 is 5.32 Å². The molecular formula is C16H21ClN2O3. The van der Waals surface area contributed by atoms with Crippen molar-refractivity contribution >= 4 is 17.5 Å². The Morgan fingerprint density at radius 1 is 1.59 bits per heavy atom. The van der Waals surface area contributed by atoms with Crippen LogP contribution in [0.5, 0.6) is 0 Å². The molecule has 1 fully saturated rings. The topological polar surface area (TPSA) is 60.5 Å². The minimum atomic E-state index is -0.213. The van der Waals surface area contributed by atoms with Gasteiger partial charge in [-0.15, -0.1) is 0 Å². The van der Waals surface area contributed by atoms with Crippen LogP contribution in [0.25, 0.3) is 0 Å². The molecule has 0 aromatic carbocycles. The van der Waals surface area contributed by atoms with Crippen molar-refractivity contribution in [2.75, 3.05) is 19.8 Å². The van der Waals surface area contributed by atoms with Gasteiger partial charge in [-0.1, -0.05) is 23.3 Å². The molecule has 1 aromatic rings. The van der Waals surface area contributed by atoms with E-state index in [1.54, 1.807) is 12.3 Å². The number of carbonyl (C=O) groups excluding carboxylic acids is 1. The fourth-order valence-corrected chi connectivity index (χ4v) is 2.39. The van der Waals surface area contributed by atoms with Crippen LogP contribution in [-0.2, 0) is 9.47 Å². The van der Waals surface area contributed by atoms with Crippen LogP contribution >= 0.6 is 11.6 Å². The van der Waals surface area contributed by atoms with Gasteiger partial charge in [-0.05, 0) is 26.3 Å². The van der Waals surface area contributed by atoms with Crippen LogP contribution in [0.1, 0.15) is 30.6 Å². The number of pyridine rings is 1. The maximum absolute atomic E-state index is 12.3. The van der Waals surface area contributed by atoms with Crippen molar-refractivity contribution in [3.05, 3.63) is 40.7 Å². The summed E-state index contributed by atoms with van der Waals surface area (Å²) in [4.78, 5) is 16.2. The van der Waals surface area contributed by atoms with Gasteiger partial charge < -0.3 is 14.8 Å². The van der Waals surface area contributed by atoms with E-state index in [0.717, 1.165) is 0 Å². The fraction of sp³-hybridized carbons (Fsp3) is 0.500. The zero-order valence-electron chi connectivity index (χ0n) is 12.8. The molecule has 1 amide bonds. The van der Waals surface area contributed by atoms with Crippen molar-refractivity contribution in [3.8, 4) is 0 Å². The summed E-state index contributed by atoms with van der Waals surface area (Å²) in [6.07, 6.45) is 5.58. The molecule has 2 rings (SSSR count). The second kappa shape index (κ2) is 8.27. The molecule has 1 aliphatic heterocycles. The first kappa shape index (κ1) is 16.9. The second-order valence-electron chi connectivity index (χ2n) is 5.45. The molecule has 6 heteroatoms. The van der Waals surface area contributed by atoms with Crippen LogP contribution in [0.3, 0.4) is 0 Å². The third kappa shape index (κ3) is 4.80. The lowest BCUT2D eigenvalue weighted by Gasteiger charge is -2.32. The van der Waals surface area contributed by atoms with Gasteiger partial charge in [0.15, 0.2) is 0 Å². The van der Waals surface area contributed by atoms with E-state index in [1.165, 1.54) is 11.8 Å². The van der Waals surface area contributed by atoms with Crippen LogP contribution in [0.2, 0.25) is 5.02 Å². The second-order valence-corrected chi connectivity index (χ2v) is 5.86. The highest BCUT2D eigenvalue weighted by atomic mass is 35.5. The third-order valence-corrected chi connectivity index (χ3v) is 3.74. The quantitative estimate of drug-likeness (QED) is 0.846. The Balaban J connectivity index is 1.97. The van der Waals surface area contributed by atoms with E-state index in [9.17, 15) is 4.79 Å². The van der Waals surface area contributed by atoms with Gasteiger partial charge in [0.1, 0.15) is 6.10 Å². The molecule has 1 aliphatic rings. The van der Waals surface area contributed by atoms with Crippen LogP contribution in [-0.4, -0.2) is 42.9 Å². The van der Waals surface area contributed by atoms with Crippen molar-refractivity contribution in [2.24, 2.45) is 0 Å². The largest absolute Gasteiger partial charge is 0.379 e. The summed E-state index contributed by atoms with van der Waals surface area (Å²) in [5.74, 6) is -0.213. The highest BCUT2D eigenvalue weighted by Gasteiger charge is 2.28. The maximum atomic E-state index is 12.3. The predicted molar refractivity (Wildman–Crippen MR) is 85.1 cm³/mol. The number of nitrogens with one attached hydrogen (secondary N) is 1. The Labute approximate surface area is 135 Å². The maximum Gasteiger partial charge on any atom is 0.253 e. The molecule has 0 radical (unpaired) electrons. The highest BCUT2D eigenvalue weighted by Crippen LogP contribution is 2.16. The average molecular weight is 325 g/mol. The number of amides is 1. The number of rotatable bonds is 5. The number of nitrogens with zero attached hydrogens (tertiary/aromatic N) is 1. The van der Waals surface area contributed by atoms with Crippen molar-refractivity contribution in [3.63, 3.8) is 0 Å². The zero-order valence-corrected chi connectivity index (χ0v) is 13.6. The van der Waals surface area contributed by atoms with Gasteiger partial charge in [-0.2, -0.15) is 0 Å². The number of allylic oxidation sites excluding steroid dienone is 1. The first-order valence-corrected chi connectivity index (χ1v) is 7.69. The molecule has 2 heterocycles. The summed E-state index contributed by atoms with van der Waals surface area (Å²) in [5, 5.41) is 3.33. The average Bonchev–Trinajstić information content (AvgIpc) is 2.49. The molecule has 1 aromatic heterocycles. The van der Waals surface area contributed by atoms with E-state index in [1.807, 2.05) is 19.9 Å².